The van der Waals surface area contributed by atoms with Crippen molar-refractivity contribution in [3.63, 3.8) is 0 Å². The van der Waals surface area contributed by atoms with Crippen LogP contribution < -0.4 is 0 Å². The number of pyridine rings is 4. The van der Waals surface area contributed by atoms with Crippen LogP contribution in [0.15, 0.2) is 158 Å². The number of para-hydroxylation sites is 1. The average Bonchev–Trinajstić information content (AvgIpc) is 3.31. The molecule has 0 N–H and O–H groups in total. The Morgan fingerprint density at radius 2 is 0.685 bits per heavy atom. The number of aromatic nitrogens is 4. The second kappa shape index (κ2) is 27.9. The van der Waals surface area contributed by atoms with Gasteiger partial charge in [-0.15, -0.1) is 0 Å². The first kappa shape index (κ1) is 46.3. The second-order valence-electron chi connectivity index (χ2n) is 9.96. The molecule has 0 aliphatic carbocycles. The second-order valence-corrected chi connectivity index (χ2v) is 9.96. The zero-order chi connectivity index (χ0) is 40.1. The lowest BCUT2D eigenvalue weighted by atomic mass is 10.0. The Kier molecular flexibility index (Phi) is 23.9. The molecule has 0 saturated carbocycles. The Morgan fingerprint density at radius 3 is 1.24 bits per heavy atom. The summed E-state index contributed by atoms with van der Waals surface area (Å²) in [5.41, 5.74) is 3.02. The molecule has 54 heavy (non-hydrogen) atoms. The van der Waals surface area contributed by atoms with Gasteiger partial charge in [0.2, 0.25) is 0 Å². The van der Waals surface area contributed by atoms with Gasteiger partial charge >= 0.3 is 0 Å². The van der Waals surface area contributed by atoms with E-state index in [0.29, 0.717) is 0 Å². The van der Waals surface area contributed by atoms with Crippen LogP contribution in [0.2, 0.25) is 0 Å². The lowest BCUT2D eigenvalue weighted by Gasteiger charge is -2.01. The summed E-state index contributed by atoms with van der Waals surface area (Å²) in [5.74, 6) is 0. The molecule has 0 aliphatic heterocycles. The molecule has 0 radical (unpaired) electrons. The standard InChI is InChI=1S/2C13H9N.C12H8N2.6C2H6/c1-2-6-11-10(5-1)9-14-13-8-4-3-7-12(11)13;1-2-4-12-10(3-1)5-6-11-7-8-14-9-13(11)12;1-3-9-5-6-10-4-2-8-14-12(10)11(9)13-7-1;6*1-2/h2*1-9H;1-8H;6*1-2H3. The fourth-order valence-electron chi connectivity index (χ4n) is 5.33. The van der Waals surface area contributed by atoms with Crippen molar-refractivity contribution in [1.29, 1.82) is 0 Å². The van der Waals surface area contributed by atoms with Gasteiger partial charge in [0.25, 0.3) is 0 Å². The molecule has 0 amide bonds. The van der Waals surface area contributed by atoms with E-state index in [2.05, 4.69) is 111 Å². The van der Waals surface area contributed by atoms with Crippen LogP contribution in [0.3, 0.4) is 0 Å². The van der Waals surface area contributed by atoms with Crippen LogP contribution in [0.4, 0.5) is 0 Å². The van der Waals surface area contributed by atoms with E-state index in [1.165, 1.54) is 37.7 Å². The Balaban J connectivity index is 0.000000355. The van der Waals surface area contributed by atoms with E-state index in [1.54, 1.807) is 12.4 Å². The molecular weight excluding hydrogens is 657 g/mol. The van der Waals surface area contributed by atoms with Crippen LogP contribution >= 0.6 is 0 Å². The molecule has 0 aliphatic rings. The first-order chi connectivity index (χ1) is 26.8. The Morgan fingerprint density at radius 1 is 0.278 bits per heavy atom. The predicted octanol–water partition coefficient (Wildman–Crippen LogP) is 15.7. The molecular formula is C50H62N4. The molecule has 4 aromatic heterocycles. The summed E-state index contributed by atoms with van der Waals surface area (Å²) in [6, 6.07) is 43.4. The van der Waals surface area contributed by atoms with E-state index in [-0.39, 0.29) is 0 Å². The summed E-state index contributed by atoms with van der Waals surface area (Å²) in [6.07, 6.45) is 9.29. The van der Waals surface area contributed by atoms with E-state index in [0.717, 1.165) is 27.3 Å². The summed E-state index contributed by atoms with van der Waals surface area (Å²) in [6.45, 7) is 24.0. The van der Waals surface area contributed by atoms with Crippen molar-refractivity contribution in [3.05, 3.63) is 158 Å². The topological polar surface area (TPSA) is 51.6 Å². The van der Waals surface area contributed by atoms with Gasteiger partial charge in [0, 0.05) is 57.9 Å². The molecule has 4 heterocycles. The Bertz CT molecular complexity index is 1900. The van der Waals surface area contributed by atoms with E-state index >= 15 is 0 Å². The molecule has 282 valence electrons. The maximum atomic E-state index is 4.41. The van der Waals surface area contributed by atoms with E-state index in [9.17, 15) is 0 Å². The van der Waals surface area contributed by atoms with Crippen molar-refractivity contribution in [3.8, 4) is 0 Å². The average molecular weight is 719 g/mol. The minimum atomic E-state index is 0.977. The lowest BCUT2D eigenvalue weighted by Crippen LogP contribution is -1.83. The highest BCUT2D eigenvalue weighted by Gasteiger charge is 2.01. The van der Waals surface area contributed by atoms with Crippen LogP contribution in [-0.2, 0) is 0 Å². The summed E-state index contributed by atoms with van der Waals surface area (Å²) in [4.78, 5) is 17.3. The maximum absolute atomic E-state index is 4.41. The van der Waals surface area contributed by atoms with Crippen LogP contribution in [0.25, 0.3) is 65.0 Å². The van der Waals surface area contributed by atoms with Gasteiger partial charge in [-0.25, -0.2) is 0 Å². The minimum Gasteiger partial charge on any atom is -0.264 e. The van der Waals surface area contributed by atoms with Gasteiger partial charge in [-0.1, -0.05) is 186 Å². The fourth-order valence-corrected chi connectivity index (χ4v) is 5.33. The van der Waals surface area contributed by atoms with Gasteiger partial charge in [-0.05, 0) is 45.8 Å². The predicted molar refractivity (Wildman–Crippen MR) is 244 cm³/mol. The highest BCUT2D eigenvalue weighted by Crippen LogP contribution is 2.24. The lowest BCUT2D eigenvalue weighted by molar-refractivity contribution is 1.37. The molecule has 9 rings (SSSR count). The van der Waals surface area contributed by atoms with Crippen molar-refractivity contribution in [2.75, 3.05) is 0 Å². The molecule has 5 aromatic carbocycles. The largest absolute Gasteiger partial charge is 0.264 e. The Labute approximate surface area is 325 Å². The molecule has 0 saturated heterocycles. The number of hydrogen-bond donors (Lipinski definition) is 0. The summed E-state index contributed by atoms with van der Waals surface area (Å²) < 4.78 is 0. The fraction of sp³-hybridized carbons (Fsp3) is 0.240. The monoisotopic (exact) mass is 718 g/mol. The van der Waals surface area contributed by atoms with Crippen molar-refractivity contribution in [2.45, 2.75) is 83.1 Å². The molecule has 0 unspecified atom stereocenters. The number of hydrogen-bond acceptors (Lipinski definition) is 4. The van der Waals surface area contributed by atoms with Gasteiger partial charge in [-0.3, -0.25) is 19.9 Å². The Hall–Kier alpha value is -5.74. The van der Waals surface area contributed by atoms with Crippen LogP contribution in [0, 0.1) is 0 Å². The van der Waals surface area contributed by atoms with Crippen LogP contribution in [0.1, 0.15) is 83.1 Å². The molecule has 0 bridgehead atoms. The van der Waals surface area contributed by atoms with Gasteiger partial charge in [0.1, 0.15) is 0 Å². The molecule has 9 aromatic rings. The summed E-state index contributed by atoms with van der Waals surface area (Å²) >= 11 is 0. The molecule has 0 atom stereocenters. The number of rotatable bonds is 0. The van der Waals surface area contributed by atoms with E-state index in [1.807, 2.05) is 138 Å². The third-order valence-electron chi connectivity index (χ3n) is 7.39. The van der Waals surface area contributed by atoms with Gasteiger partial charge < -0.3 is 0 Å². The van der Waals surface area contributed by atoms with Crippen molar-refractivity contribution in [1.82, 2.24) is 19.9 Å². The normalized spacial score (nSPS) is 9.11. The first-order valence-electron chi connectivity index (χ1n) is 19.9. The van der Waals surface area contributed by atoms with E-state index < -0.39 is 0 Å². The summed E-state index contributed by atoms with van der Waals surface area (Å²) in [7, 11) is 0. The quantitative estimate of drug-likeness (QED) is 0.146. The number of benzene rings is 5. The highest BCUT2D eigenvalue weighted by molar-refractivity contribution is 6.07. The molecule has 0 spiro atoms. The molecule has 4 nitrogen and oxygen atoms in total. The van der Waals surface area contributed by atoms with Gasteiger partial charge in [-0.2, -0.15) is 0 Å². The van der Waals surface area contributed by atoms with Crippen LogP contribution in [0.5, 0.6) is 0 Å². The summed E-state index contributed by atoms with van der Waals surface area (Å²) in [5, 5.41) is 11.0. The maximum Gasteiger partial charge on any atom is 0.0964 e. The third kappa shape index (κ3) is 12.4. The minimum absolute atomic E-state index is 0.977. The van der Waals surface area contributed by atoms with Crippen LogP contribution in [-0.4, -0.2) is 19.9 Å². The zero-order valence-corrected chi connectivity index (χ0v) is 34.8. The van der Waals surface area contributed by atoms with Gasteiger partial charge in [0.05, 0.1) is 16.6 Å². The SMILES string of the molecule is CC.CC.CC.CC.CC.CC.c1ccc2c(c1)ccc1ccncc12.c1ccc2c(c1)cnc1ccccc12.c1cnc2c(c1)ccc1cccnc12. The van der Waals surface area contributed by atoms with Crippen molar-refractivity contribution >= 4 is 65.0 Å². The first-order valence-corrected chi connectivity index (χ1v) is 19.9. The van der Waals surface area contributed by atoms with Crippen molar-refractivity contribution in [2.24, 2.45) is 0 Å². The molecule has 4 heteroatoms. The number of fused-ring (bicyclic) bond motifs is 9. The molecule has 0 fully saturated rings. The van der Waals surface area contributed by atoms with E-state index in [4.69, 9.17) is 0 Å². The smallest absolute Gasteiger partial charge is 0.0964 e. The van der Waals surface area contributed by atoms with Crippen molar-refractivity contribution < 1.29 is 0 Å². The number of nitrogens with zero attached hydrogens (tertiary/aromatic N) is 4. The third-order valence-corrected chi connectivity index (χ3v) is 7.39. The zero-order valence-electron chi connectivity index (χ0n) is 34.8. The van der Waals surface area contributed by atoms with Gasteiger partial charge in [0.15, 0.2) is 0 Å². The highest BCUT2D eigenvalue weighted by atomic mass is 14.7.